The Morgan fingerprint density at radius 1 is 0.672 bits per heavy atom. The summed E-state index contributed by atoms with van der Waals surface area (Å²) in [7, 11) is 0. The number of aryl methyl sites for hydroxylation is 2. The van der Waals surface area contributed by atoms with Crippen LogP contribution in [0.5, 0.6) is 0 Å². The van der Waals surface area contributed by atoms with Crippen molar-refractivity contribution < 1.29 is 0 Å². The van der Waals surface area contributed by atoms with Crippen molar-refractivity contribution in [2.24, 2.45) is 0 Å². The molecule has 0 saturated carbocycles. The zero-order valence-corrected chi connectivity index (χ0v) is 41.4. The van der Waals surface area contributed by atoms with E-state index in [1.54, 1.807) is 0 Å². The number of allylic oxidation sites excluding steroid dienone is 12. The van der Waals surface area contributed by atoms with E-state index in [0.717, 1.165) is 32.1 Å². The molecule has 64 heavy (non-hydrogen) atoms. The third-order valence-corrected chi connectivity index (χ3v) is 16.8. The molecule has 332 valence electrons. The van der Waals surface area contributed by atoms with Crippen LogP contribution >= 0.6 is 0 Å². The molecule has 0 aliphatic heterocycles. The van der Waals surface area contributed by atoms with E-state index in [0.29, 0.717) is 0 Å². The van der Waals surface area contributed by atoms with Crippen LogP contribution in [0.2, 0.25) is 0 Å². The molecule has 4 aromatic rings. The molecule has 0 aromatic heterocycles. The van der Waals surface area contributed by atoms with Gasteiger partial charge in [-0.05, 0) is 173 Å². The summed E-state index contributed by atoms with van der Waals surface area (Å²) < 4.78 is 0. The van der Waals surface area contributed by atoms with Gasteiger partial charge in [-0.3, -0.25) is 0 Å². The standard InChI is InChI=1S/C63H75N/c1-13-15-18-27-45(14-2)63(46-28-21-17-22-29-46)50-31-24-23-30-47(50)49-38-48(44-25-19-16-20-26-44)58(39-51(49)63)64(56-40-54-52(36-42(56)3)59(5,6)32-34-61(54,9)10)57-41-55-53(37-43(57)4)60(7,8)33-35-62(55,11)12/h15-21,23-28,30-31,36-37,39-41,48H,13-14,22,29,32-35,38H2,1-12H3/b18-15-,45-27+. The van der Waals surface area contributed by atoms with Crippen molar-refractivity contribution in [2.75, 3.05) is 4.90 Å². The number of benzene rings is 4. The van der Waals surface area contributed by atoms with Crippen LogP contribution in [0.3, 0.4) is 0 Å². The Balaban J connectivity index is 1.42. The van der Waals surface area contributed by atoms with Crippen LogP contribution in [0.1, 0.15) is 183 Å². The molecule has 0 radical (unpaired) electrons. The van der Waals surface area contributed by atoms with Crippen LogP contribution in [0, 0.1) is 13.8 Å². The first-order valence-corrected chi connectivity index (χ1v) is 24.9. The molecule has 5 aliphatic carbocycles. The predicted octanol–water partition coefficient (Wildman–Crippen LogP) is 17.5. The first kappa shape index (κ1) is 44.3. The minimum atomic E-state index is -0.365. The van der Waals surface area contributed by atoms with Gasteiger partial charge in [-0.15, -0.1) is 0 Å². The minimum absolute atomic E-state index is 0.0708. The quantitative estimate of drug-likeness (QED) is 0.152. The van der Waals surface area contributed by atoms with Crippen LogP contribution in [0.4, 0.5) is 11.4 Å². The molecule has 0 amide bonds. The van der Waals surface area contributed by atoms with E-state index < -0.39 is 0 Å². The van der Waals surface area contributed by atoms with Gasteiger partial charge in [-0.2, -0.15) is 0 Å². The second kappa shape index (κ2) is 16.2. The monoisotopic (exact) mass is 846 g/mol. The topological polar surface area (TPSA) is 3.24 Å². The summed E-state index contributed by atoms with van der Waals surface area (Å²) in [6.45, 7) is 29.3. The lowest BCUT2D eigenvalue weighted by Gasteiger charge is -2.46. The molecular formula is C63H75N. The Morgan fingerprint density at radius 3 is 1.75 bits per heavy atom. The van der Waals surface area contributed by atoms with E-state index in [1.165, 1.54) is 115 Å². The van der Waals surface area contributed by atoms with Crippen LogP contribution in [0.25, 0.3) is 5.57 Å². The molecule has 1 heteroatoms. The molecule has 0 heterocycles. The lowest BCUT2D eigenvalue weighted by molar-refractivity contribution is 0.331. The number of hydrogen-bond donors (Lipinski definition) is 0. The van der Waals surface area contributed by atoms with Gasteiger partial charge in [0, 0.05) is 23.0 Å². The van der Waals surface area contributed by atoms with E-state index >= 15 is 0 Å². The summed E-state index contributed by atoms with van der Waals surface area (Å²) >= 11 is 0. The summed E-state index contributed by atoms with van der Waals surface area (Å²) in [5, 5.41) is 0. The average Bonchev–Trinajstić information content (AvgIpc) is 3.56. The Hall–Kier alpha value is -4.88. The number of fused-ring (bicyclic) bond motifs is 4. The van der Waals surface area contributed by atoms with E-state index in [2.05, 4.69) is 209 Å². The smallest absolute Gasteiger partial charge is 0.0636 e. The first-order valence-electron chi connectivity index (χ1n) is 24.9. The van der Waals surface area contributed by atoms with Crippen LogP contribution in [0.15, 0.2) is 144 Å². The van der Waals surface area contributed by atoms with Crippen molar-refractivity contribution in [1.29, 1.82) is 0 Å². The molecule has 0 saturated heterocycles. The highest BCUT2D eigenvalue weighted by molar-refractivity contribution is 5.91. The molecule has 1 nitrogen and oxygen atoms in total. The van der Waals surface area contributed by atoms with Crippen LogP contribution < -0.4 is 4.90 Å². The van der Waals surface area contributed by atoms with Gasteiger partial charge in [-0.1, -0.05) is 184 Å². The predicted molar refractivity (Wildman–Crippen MR) is 276 cm³/mol. The second-order valence-electron chi connectivity index (χ2n) is 22.7. The highest BCUT2D eigenvalue weighted by Crippen LogP contribution is 2.63. The third-order valence-electron chi connectivity index (χ3n) is 16.8. The zero-order valence-electron chi connectivity index (χ0n) is 41.4. The van der Waals surface area contributed by atoms with Gasteiger partial charge < -0.3 is 4.90 Å². The van der Waals surface area contributed by atoms with Gasteiger partial charge in [0.1, 0.15) is 0 Å². The van der Waals surface area contributed by atoms with Gasteiger partial charge in [0.05, 0.1) is 5.41 Å². The highest BCUT2D eigenvalue weighted by atomic mass is 15.2. The van der Waals surface area contributed by atoms with E-state index in [9.17, 15) is 0 Å². The zero-order chi connectivity index (χ0) is 45.4. The first-order chi connectivity index (χ1) is 30.5. The summed E-state index contributed by atoms with van der Waals surface area (Å²) in [6.07, 6.45) is 26.9. The number of hydrogen-bond acceptors (Lipinski definition) is 1. The molecule has 5 aliphatic rings. The molecule has 0 bridgehead atoms. The maximum absolute atomic E-state index is 2.80. The Kier molecular flexibility index (Phi) is 11.2. The second-order valence-corrected chi connectivity index (χ2v) is 22.7. The third kappa shape index (κ3) is 7.11. The lowest BCUT2D eigenvalue weighted by Crippen LogP contribution is -2.36. The van der Waals surface area contributed by atoms with Crippen molar-refractivity contribution >= 4 is 16.9 Å². The number of nitrogens with zero attached hydrogens (tertiary/aromatic N) is 1. The Labute approximate surface area is 387 Å². The van der Waals surface area contributed by atoms with E-state index in [1.807, 2.05) is 0 Å². The van der Waals surface area contributed by atoms with Gasteiger partial charge in [0.2, 0.25) is 0 Å². The fourth-order valence-corrected chi connectivity index (χ4v) is 12.7. The van der Waals surface area contributed by atoms with Gasteiger partial charge in [0.25, 0.3) is 0 Å². The van der Waals surface area contributed by atoms with Gasteiger partial charge in [-0.25, -0.2) is 0 Å². The maximum atomic E-state index is 2.80. The summed E-state index contributed by atoms with van der Waals surface area (Å²) in [5.41, 5.74) is 23.1. The van der Waals surface area contributed by atoms with Crippen molar-refractivity contribution in [3.05, 3.63) is 194 Å². The molecule has 2 atom stereocenters. The van der Waals surface area contributed by atoms with Crippen molar-refractivity contribution in [3.63, 3.8) is 0 Å². The van der Waals surface area contributed by atoms with E-state index in [-0.39, 0.29) is 33.0 Å². The summed E-state index contributed by atoms with van der Waals surface area (Å²) in [4.78, 5) is 2.80. The fraction of sp³-hybridized carbons (Fsp3) is 0.429. The fourth-order valence-electron chi connectivity index (χ4n) is 12.7. The number of anilines is 2. The Bertz CT molecular complexity index is 2590. The molecule has 9 rings (SSSR count). The maximum Gasteiger partial charge on any atom is 0.0636 e. The molecular weight excluding hydrogens is 771 g/mol. The summed E-state index contributed by atoms with van der Waals surface area (Å²) in [5.74, 6) is 0.137. The lowest BCUT2D eigenvalue weighted by atomic mass is 9.62. The molecule has 4 aromatic carbocycles. The Morgan fingerprint density at radius 2 is 1.22 bits per heavy atom. The number of rotatable bonds is 9. The van der Waals surface area contributed by atoms with Gasteiger partial charge >= 0.3 is 0 Å². The average molecular weight is 846 g/mol. The minimum Gasteiger partial charge on any atom is -0.313 e. The van der Waals surface area contributed by atoms with Gasteiger partial charge in [0.15, 0.2) is 0 Å². The van der Waals surface area contributed by atoms with E-state index in [4.69, 9.17) is 0 Å². The largest absolute Gasteiger partial charge is 0.313 e. The molecule has 0 spiro atoms. The van der Waals surface area contributed by atoms with Crippen molar-refractivity contribution in [1.82, 2.24) is 0 Å². The molecule has 0 N–H and O–H groups in total. The van der Waals surface area contributed by atoms with Crippen LogP contribution in [-0.4, -0.2) is 0 Å². The summed E-state index contributed by atoms with van der Waals surface area (Å²) in [6, 6.07) is 31.5. The SMILES string of the molecule is CC/C=C\C=C(/CC)C1(C2=CC=CCC2)C2=C(CC(c3ccccc3)C(N(c3cc4c(cc3C)C(C)(C)CCC4(C)C)c3cc4c(cc3C)C(C)(C)CCC4(C)C)=C2)c2ccccc21. The highest BCUT2D eigenvalue weighted by Gasteiger charge is 2.51. The molecule has 0 fully saturated rings. The van der Waals surface area contributed by atoms with Crippen LogP contribution in [-0.2, 0) is 27.1 Å². The van der Waals surface area contributed by atoms with Crippen molar-refractivity contribution in [2.45, 2.75) is 174 Å². The molecule has 2 unspecified atom stereocenters. The normalized spacial score (nSPS) is 23.8. The van der Waals surface area contributed by atoms with Crippen molar-refractivity contribution in [3.8, 4) is 0 Å².